The number of rotatable bonds is 6. The molecule has 1 heterocycles. The second-order valence-corrected chi connectivity index (χ2v) is 3.84. The van der Waals surface area contributed by atoms with E-state index < -0.39 is 0 Å². The van der Waals surface area contributed by atoms with E-state index in [9.17, 15) is 4.79 Å². The topological polar surface area (TPSA) is 35.5 Å². The van der Waals surface area contributed by atoms with Crippen LogP contribution in [0.4, 0.5) is 0 Å². The summed E-state index contributed by atoms with van der Waals surface area (Å²) in [7, 11) is 0. The van der Waals surface area contributed by atoms with Gasteiger partial charge in [0.05, 0.1) is 6.10 Å². The minimum absolute atomic E-state index is 0.00465. The van der Waals surface area contributed by atoms with Gasteiger partial charge in [0.2, 0.25) is 0 Å². The fourth-order valence-corrected chi connectivity index (χ4v) is 1.63. The van der Waals surface area contributed by atoms with Crippen molar-refractivity contribution in [3.8, 4) is 0 Å². The van der Waals surface area contributed by atoms with Crippen LogP contribution in [0.15, 0.2) is 0 Å². The van der Waals surface area contributed by atoms with E-state index in [0.29, 0.717) is 6.42 Å². The van der Waals surface area contributed by atoms with Gasteiger partial charge in [0, 0.05) is 13.0 Å². The Kier molecular flexibility index (Phi) is 5.80. The standard InChI is InChI=1S/C11H20O3/c1-10(6-2-4-8-12)14-11-7-3-5-9-13-11/h8,10-11H,2-7,9H2,1H3. The SMILES string of the molecule is CC(CCCC=O)OC1CCCCO1. The van der Waals surface area contributed by atoms with Gasteiger partial charge >= 0.3 is 0 Å². The maximum atomic E-state index is 10.1. The molecule has 0 aromatic rings. The lowest BCUT2D eigenvalue weighted by Crippen LogP contribution is -2.26. The summed E-state index contributed by atoms with van der Waals surface area (Å²) in [5.41, 5.74) is 0. The van der Waals surface area contributed by atoms with Crippen LogP contribution >= 0.6 is 0 Å². The van der Waals surface area contributed by atoms with Crippen LogP contribution in [-0.4, -0.2) is 25.3 Å². The highest BCUT2D eigenvalue weighted by molar-refractivity contribution is 5.48. The van der Waals surface area contributed by atoms with Gasteiger partial charge in [-0.1, -0.05) is 0 Å². The van der Waals surface area contributed by atoms with E-state index in [4.69, 9.17) is 9.47 Å². The summed E-state index contributed by atoms with van der Waals surface area (Å²) in [6.45, 7) is 2.87. The molecule has 2 unspecified atom stereocenters. The molecular formula is C11H20O3. The predicted octanol–water partition coefficient (Wildman–Crippen LogP) is 2.29. The van der Waals surface area contributed by atoms with Crippen molar-refractivity contribution in [2.75, 3.05) is 6.61 Å². The molecule has 0 N–H and O–H groups in total. The van der Waals surface area contributed by atoms with Gasteiger partial charge in [-0.3, -0.25) is 0 Å². The van der Waals surface area contributed by atoms with Gasteiger partial charge in [0.1, 0.15) is 6.29 Å². The molecule has 1 fully saturated rings. The molecule has 1 aliphatic rings. The molecule has 0 spiro atoms. The van der Waals surface area contributed by atoms with E-state index in [1.54, 1.807) is 0 Å². The smallest absolute Gasteiger partial charge is 0.157 e. The van der Waals surface area contributed by atoms with Crippen molar-refractivity contribution in [2.45, 2.75) is 57.8 Å². The van der Waals surface area contributed by atoms with E-state index in [0.717, 1.165) is 38.6 Å². The minimum Gasteiger partial charge on any atom is -0.353 e. The van der Waals surface area contributed by atoms with Gasteiger partial charge in [-0.15, -0.1) is 0 Å². The molecule has 82 valence electrons. The van der Waals surface area contributed by atoms with Crippen LogP contribution in [0.5, 0.6) is 0 Å². The molecule has 3 heteroatoms. The predicted molar refractivity (Wildman–Crippen MR) is 54.1 cm³/mol. The number of ether oxygens (including phenoxy) is 2. The summed E-state index contributed by atoms with van der Waals surface area (Å²) in [6.07, 6.45) is 7.02. The summed E-state index contributed by atoms with van der Waals surface area (Å²) in [5, 5.41) is 0. The monoisotopic (exact) mass is 200 g/mol. The largest absolute Gasteiger partial charge is 0.353 e. The van der Waals surface area contributed by atoms with Crippen LogP contribution in [0.1, 0.15) is 45.4 Å². The third-order valence-electron chi connectivity index (χ3n) is 2.45. The number of unbranched alkanes of at least 4 members (excludes halogenated alkanes) is 1. The third-order valence-corrected chi connectivity index (χ3v) is 2.45. The number of aldehydes is 1. The third kappa shape index (κ3) is 4.72. The molecule has 0 amide bonds. The lowest BCUT2D eigenvalue weighted by atomic mass is 10.1. The molecular weight excluding hydrogens is 180 g/mol. The molecule has 2 atom stereocenters. The van der Waals surface area contributed by atoms with Crippen LogP contribution in [0.3, 0.4) is 0 Å². The normalized spacial score (nSPS) is 24.5. The Labute approximate surface area is 85.8 Å². The Morgan fingerprint density at radius 2 is 2.43 bits per heavy atom. The van der Waals surface area contributed by atoms with E-state index in [1.807, 2.05) is 6.92 Å². The van der Waals surface area contributed by atoms with Crippen LogP contribution in [0.25, 0.3) is 0 Å². The fourth-order valence-electron chi connectivity index (χ4n) is 1.63. The molecule has 14 heavy (non-hydrogen) atoms. The van der Waals surface area contributed by atoms with Crippen molar-refractivity contribution >= 4 is 6.29 Å². The zero-order chi connectivity index (χ0) is 10.2. The van der Waals surface area contributed by atoms with Gasteiger partial charge < -0.3 is 14.3 Å². The average molecular weight is 200 g/mol. The van der Waals surface area contributed by atoms with Crippen molar-refractivity contribution in [3.05, 3.63) is 0 Å². The summed E-state index contributed by atoms with van der Waals surface area (Å²) in [4.78, 5) is 10.1. The molecule has 0 saturated carbocycles. The maximum Gasteiger partial charge on any atom is 0.157 e. The highest BCUT2D eigenvalue weighted by Gasteiger charge is 2.16. The zero-order valence-electron chi connectivity index (χ0n) is 8.91. The number of carbonyl (C=O) groups is 1. The number of hydrogen-bond donors (Lipinski definition) is 0. The van der Waals surface area contributed by atoms with Crippen molar-refractivity contribution < 1.29 is 14.3 Å². The first-order chi connectivity index (χ1) is 6.83. The molecule has 0 aromatic carbocycles. The van der Waals surface area contributed by atoms with E-state index in [1.165, 1.54) is 6.42 Å². The summed E-state index contributed by atoms with van der Waals surface area (Å²) < 4.78 is 11.2. The highest BCUT2D eigenvalue weighted by atomic mass is 16.7. The number of hydrogen-bond acceptors (Lipinski definition) is 3. The van der Waals surface area contributed by atoms with Crippen LogP contribution < -0.4 is 0 Å². The molecule has 0 bridgehead atoms. The van der Waals surface area contributed by atoms with Crippen LogP contribution in [0.2, 0.25) is 0 Å². The first kappa shape index (κ1) is 11.7. The van der Waals surface area contributed by atoms with Gasteiger partial charge in [-0.05, 0) is 39.0 Å². The van der Waals surface area contributed by atoms with Gasteiger partial charge in [0.25, 0.3) is 0 Å². The van der Waals surface area contributed by atoms with Gasteiger partial charge in [-0.25, -0.2) is 0 Å². The van der Waals surface area contributed by atoms with Crippen molar-refractivity contribution in [1.29, 1.82) is 0 Å². The maximum absolute atomic E-state index is 10.1. The highest BCUT2D eigenvalue weighted by Crippen LogP contribution is 2.17. The van der Waals surface area contributed by atoms with Gasteiger partial charge in [-0.2, -0.15) is 0 Å². The van der Waals surface area contributed by atoms with E-state index in [-0.39, 0.29) is 12.4 Å². The van der Waals surface area contributed by atoms with Crippen LogP contribution in [-0.2, 0) is 14.3 Å². The Hall–Kier alpha value is -0.410. The quantitative estimate of drug-likeness (QED) is 0.487. The van der Waals surface area contributed by atoms with Crippen molar-refractivity contribution in [2.24, 2.45) is 0 Å². The van der Waals surface area contributed by atoms with Gasteiger partial charge in [0.15, 0.2) is 6.29 Å². The molecule has 3 nitrogen and oxygen atoms in total. The molecule has 0 aromatic heterocycles. The van der Waals surface area contributed by atoms with Crippen molar-refractivity contribution in [1.82, 2.24) is 0 Å². The molecule has 1 rings (SSSR count). The minimum atomic E-state index is -0.00465. The number of carbonyl (C=O) groups excluding carboxylic acids is 1. The Morgan fingerprint density at radius 3 is 3.07 bits per heavy atom. The molecule has 1 saturated heterocycles. The van der Waals surface area contributed by atoms with E-state index in [2.05, 4.69) is 0 Å². The van der Waals surface area contributed by atoms with E-state index >= 15 is 0 Å². The summed E-state index contributed by atoms with van der Waals surface area (Å²) >= 11 is 0. The molecule has 1 aliphatic heterocycles. The first-order valence-corrected chi connectivity index (χ1v) is 5.53. The Morgan fingerprint density at radius 1 is 1.57 bits per heavy atom. The second-order valence-electron chi connectivity index (χ2n) is 3.84. The first-order valence-electron chi connectivity index (χ1n) is 5.53. The van der Waals surface area contributed by atoms with Crippen LogP contribution in [0, 0.1) is 0 Å². The molecule has 0 aliphatic carbocycles. The Balaban J connectivity index is 2.05. The second kappa shape index (κ2) is 6.96. The summed E-state index contributed by atoms with van der Waals surface area (Å²) in [6, 6.07) is 0. The Bertz CT molecular complexity index is 153. The average Bonchev–Trinajstić information content (AvgIpc) is 2.20. The lowest BCUT2D eigenvalue weighted by Gasteiger charge is -2.25. The summed E-state index contributed by atoms with van der Waals surface area (Å²) in [5.74, 6) is 0. The van der Waals surface area contributed by atoms with Crippen molar-refractivity contribution in [3.63, 3.8) is 0 Å². The fraction of sp³-hybridized carbons (Fsp3) is 0.909. The molecule has 0 radical (unpaired) electrons. The lowest BCUT2D eigenvalue weighted by molar-refractivity contribution is -0.185. The zero-order valence-corrected chi connectivity index (χ0v) is 8.91.